The van der Waals surface area contributed by atoms with Crippen LogP contribution in [0.3, 0.4) is 0 Å². The predicted molar refractivity (Wildman–Crippen MR) is 65.0 cm³/mol. The van der Waals surface area contributed by atoms with Crippen molar-refractivity contribution < 1.29 is 0 Å². The molecule has 0 aromatic carbocycles. The van der Waals surface area contributed by atoms with Gasteiger partial charge in [0.2, 0.25) is 0 Å². The van der Waals surface area contributed by atoms with Crippen molar-refractivity contribution in [1.29, 1.82) is 0 Å². The zero-order chi connectivity index (χ0) is 10.7. The van der Waals surface area contributed by atoms with E-state index in [4.69, 9.17) is 5.73 Å². The largest absolute Gasteiger partial charge is 0.384 e. The number of rotatable bonds is 3. The van der Waals surface area contributed by atoms with Crippen LogP contribution >= 0.6 is 11.3 Å². The summed E-state index contributed by atoms with van der Waals surface area (Å²) in [4.78, 5) is 5.26. The Kier molecular flexibility index (Phi) is 2.87. The molecule has 0 aliphatic heterocycles. The zero-order valence-electron chi connectivity index (χ0n) is 8.47. The molecule has 3 N–H and O–H groups in total. The standard InChI is InChI=1S/C11H13N3S/c1-8(10-3-2-6-15-10)14-9-4-5-13-11(12)7-9/h2-8H,1H3,(H3,12,13,14). The van der Waals surface area contributed by atoms with E-state index in [9.17, 15) is 0 Å². The van der Waals surface area contributed by atoms with Crippen molar-refractivity contribution in [3.8, 4) is 0 Å². The molecule has 4 heteroatoms. The lowest BCUT2D eigenvalue weighted by atomic mass is 10.2. The number of thiophene rings is 1. The number of anilines is 2. The summed E-state index contributed by atoms with van der Waals surface area (Å²) in [6.07, 6.45) is 1.71. The maximum atomic E-state index is 5.60. The molecule has 0 aliphatic rings. The fourth-order valence-electron chi connectivity index (χ4n) is 1.40. The molecule has 0 bridgehead atoms. The number of aromatic nitrogens is 1. The second-order valence-electron chi connectivity index (χ2n) is 3.35. The molecule has 2 aromatic heterocycles. The van der Waals surface area contributed by atoms with Crippen molar-refractivity contribution in [3.05, 3.63) is 40.7 Å². The summed E-state index contributed by atoms with van der Waals surface area (Å²) in [6, 6.07) is 8.23. The Hall–Kier alpha value is -1.55. The van der Waals surface area contributed by atoms with Crippen LogP contribution in [0.1, 0.15) is 17.8 Å². The van der Waals surface area contributed by atoms with Crippen LogP contribution in [0.15, 0.2) is 35.8 Å². The Balaban J connectivity index is 2.09. The van der Waals surface area contributed by atoms with Gasteiger partial charge in [-0.05, 0) is 24.4 Å². The quantitative estimate of drug-likeness (QED) is 0.834. The fraction of sp³-hybridized carbons (Fsp3) is 0.182. The van der Waals surface area contributed by atoms with Crippen molar-refractivity contribution in [2.45, 2.75) is 13.0 Å². The van der Waals surface area contributed by atoms with Crippen molar-refractivity contribution in [2.75, 3.05) is 11.1 Å². The summed E-state index contributed by atoms with van der Waals surface area (Å²) in [5.74, 6) is 0.540. The monoisotopic (exact) mass is 219 g/mol. The highest BCUT2D eigenvalue weighted by molar-refractivity contribution is 7.10. The van der Waals surface area contributed by atoms with Gasteiger partial charge in [0.05, 0.1) is 6.04 Å². The molecule has 0 amide bonds. The number of hydrogen-bond donors (Lipinski definition) is 2. The minimum atomic E-state index is 0.298. The van der Waals surface area contributed by atoms with E-state index in [1.807, 2.05) is 12.1 Å². The molecular weight excluding hydrogens is 206 g/mol. The number of nitrogen functional groups attached to an aromatic ring is 1. The van der Waals surface area contributed by atoms with Gasteiger partial charge in [0.15, 0.2) is 0 Å². The third-order valence-electron chi connectivity index (χ3n) is 2.13. The molecular formula is C11H13N3S. The van der Waals surface area contributed by atoms with Crippen LogP contribution in [0.5, 0.6) is 0 Å². The van der Waals surface area contributed by atoms with E-state index in [1.54, 1.807) is 17.5 Å². The first-order chi connectivity index (χ1) is 7.25. The van der Waals surface area contributed by atoms with Crippen LogP contribution in [-0.2, 0) is 0 Å². The molecule has 3 nitrogen and oxygen atoms in total. The highest BCUT2D eigenvalue weighted by Crippen LogP contribution is 2.23. The highest BCUT2D eigenvalue weighted by Gasteiger charge is 2.05. The second-order valence-corrected chi connectivity index (χ2v) is 4.33. The van der Waals surface area contributed by atoms with E-state index in [1.165, 1.54) is 4.88 Å². The van der Waals surface area contributed by atoms with Crippen molar-refractivity contribution in [3.63, 3.8) is 0 Å². The number of pyridine rings is 1. The Labute approximate surface area is 93.0 Å². The summed E-state index contributed by atoms with van der Waals surface area (Å²) in [5, 5.41) is 5.45. The molecule has 0 fully saturated rings. The SMILES string of the molecule is CC(Nc1ccnc(N)c1)c1cccs1. The van der Waals surface area contributed by atoms with E-state index < -0.39 is 0 Å². The Morgan fingerprint density at radius 3 is 3.00 bits per heavy atom. The molecule has 0 radical (unpaired) electrons. The van der Waals surface area contributed by atoms with E-state index in [2.05, 4.69) is 34.7 Å². The molecule has 2 heterocycles. The Morgan fingerprint density at radius 2 is 2.33 bits per heavy atom. The van der Waals surface area contributed by atoms with Gasteiger partial charge >= 0.3 is 0 Å². The molecule has 2 aromatic rings. The van der Waals surface area contributed by atoms with Crippen molar-refractivity contribution >= 4 is 22.8 Å². The molecule has 1 atom stereocenters. The third kappa shape index (κ3) is 2.47. The smallest absolute Gasteiger partial charge is 0.125 e. The van der Waals surface area contributed by atoms with Gasteiger partial charge in [0.1, 0.15) is 5.82 Å². The molecule has 2 rings (SSSR count). The van der Waals surface area contributed by atoms with Gasteiger partial charge in [-0.15, -0.1) is 11.3 Å². The Bertz CT molecular complexity index is 425. The van der Waals surface area contributed by atoms with Gasteiger partial charge < -0.3 is 11.1 Å². The lowest BCUT2D eigenvalue weighted by Gasteiger charge is -2.13. The van der Waals surface area contributed by atoms with Crippen molar-refractivity contribution in [1.82, 2.24) is 4.98 Å². The summed E-state index contributed by atoms with van der Waals surface area (Å²) < 4.78 is 0. The Morgan fingerprint density at radius 1 is 1.47 bits per heavy atom. The minimum absolute atomic E-state index is 0.298. The lowest BCUT2D eigenvalue weighted by Crippen LogP contribution is -2.05. The number of nitrogens with one attached hydrogen (secondary N) is 1. The molecule has 0 saturated heterocycles. The number of nitrogens with two attached hydrogens (primary N) is 1. The maximum absolute atomic E-state index is 5.60. The summed E-state index contributed by atoms with van der Waals surface area (Å²) >= 11 is 1.75. The van der Waals surface area contributed by atoms with E-state index >= 15 is 0 Å². The fourth-order valence-corrected chi connectivity index (χ4v) is 2.13. The zero-order valence-corrected chi connectivity index (χ0v) is 9.29. The topological polar surface area (TPSA) is 50.9 Å². The molecule has 15 heavy (non-hydrogen) atoms. The van der Waals surface area contributed by atoms with Gasteiger partial charge in [0, 0.05) is 22.8 Å². The minimum Gasteiger partial charge on any atom is -0.384 e. The van der Waals surface area contributed by atoms with Gasteiger partial charge in [-0.1, -0.05) is 6.07 Å². The first kappa shape index (κ1) is 9.98. The average molecular weight is 219 g/mol. The van der Waals surface area contributed by atoms with Crippen LogP contribution in [0, 0.1) is 0 Å². The third-order valence-corrected chi connectivity index (χ3v) is 3.19. The summed E-state index contributed by atoms with van der Waals surface area (Å²) in [7, 11) is 0. The van der Waals surface area contributed by atoms with E-state index in [0.29, 0.717) is 11.9 Å². The molecule has 0 saturated carbocycles. The first-order valence-corrected chi connectivity index (χ1v) is 5.65. The molecule has 1 unspecified atom stereocenters. The van der Waals surface area contributed by atoms with E-state index in [0.717, 1.165) is 5.69 Å². The van der Waals surface area contributed by atoms with Crippen LogP contribution in [0.4, 0.5) is 11.5 Å². The molecule has 78 valence electrons. The van der Waals surface area contributed by atoms with Gasteiger partial charge in [-0.3, -0.25) is 0 Å². The second kappa shape index (κ2) is 4.31. The lowest BCUT2D eigenvalue weighted by molar-refractivity contribution is 0.907. The van der Waals surface area contributed by atoms with Crippen molar-refractivity contribution in [2.24, 2.45) is 0 Å². The number of hydrogen-bond acceptors (Lipinski definition) is 4. The van der Waals surface area contributed by atoms with Gasteiger partial charge in [-0.2, -0.15) is 0 Å². The van der Waals surface area contributed by atoms with Gasteiger partial charge in [-0.25, -0.2) is 4.98 Å². The summed E-state index contributed by atoms with van der Waals surface area (Å²) in [5.41, 5.74) is 6.61. The molecule has 0 spiro atoms. The van der Waals surface area contributed by atoms with Crippen LogP contribution in [0.2, 0.25) is 0 Å². The van der Waals surface area contributed by atoms with Crippen LogP contribution < -0.4 is 11.1 Å². The highest BCUT2D eigenvalue weighted by atomic mass is 32.1. The predicted octanol–water partition coefficient (Wildman–Crippen LogP) is 2.90. The number of nitrogens with zero attached hydrogens (tertiary/aromatic N) is 1. The van der Waals surface area contributed by atoms with E-state index in [-0.39, 0.29) is 0 Å². The first-order valence-electron chi connectivity index (χ1n) is 4.77. The summed E-state index contributed by atoms with van der Waals surface area (Å²) in [6.45, 7) is 2.13. The molecule has 0 aliphatic carbocycles. The normalized spacial score (nSPS) is 12.3. The van der Waals surface area contributed by atoms with Crippen LogP contribution in [-0.4, -0.2) is 4.98 Å². The van der Waals surface area contributed by atoms with Gasteiger partial charge in [0.25, 0.3) is 0 Å². The average Bonchev–Trinajstić information content (AvgIpc) is 2.70. The maximum Gasteiger partial charge on any atom is 0.125 e. The van der Waals surface area contributed by atoms with Crippen LogP contribution in [0.25, 0.3) is 0 Å².